The third-order valence-electron chi connectivity index (χ3n) is 3.16. The topological polar surface area (TPSA) is 15.3 Å². The van der Waals surface area contributed by atoms with Crippen LogP contribution in [-0.4, -0.2) is 13.6 Å². The lowest BCUT2D eigenvalue weighted by atomic mass is 10.1. The van der Waals surface area contributed by atoms with Crippen LogP contribution in [-0.2, 0) is 6.54 Å². The van der Waals surface area contributed by atoms with Gasteiger partial charge in [-0.2, -0.15) is 0 Å². The molecule has 2 aromatic rings. The average molecular weight is 293 g/mol. The van der Waals surface area contributed by atoms with Crippen molar-refractivity contribution in [3.63, 3.8) is 0 Å². The Balaban J connectivity index is 2.51. The minimum atomic E-state index is -0.232. The van der Waals surface area contributed by atoms with Gasteiger partial charge in [-0.25, -0.2) is 4.39 Å². The zero-order valence-corrected chi connectivity index (χ0v) is 12.4. The first-order valence-electron chi connectivity index (χ1n) is 6.62. The van der Waals surface area contributed by atoms with E-state index in [2.05, 4.69) is 5.32 Å². The Morgan fingerprint density at radius 1 is 1.15 bits per heavy atom. The monoisotopic (exact) mass is 292 g/mol. The maximum atomic E-state index is 14.0. The molecule has 20 heavy (non-hydrogen) atoms. The molecule has 0 spiro atoms. The molecule has 0 radical (unpaired) electrons. The highest BCUT2D eigenvalue weighted by atomic mass is 35.5. The predicted octanol–water partition coefficient (Wildman–Crippen LogP) is 4.36. The van der Waals surface area contributed by atoms with Gasteiger partial charge in [-0.1, -0.05) is 29.8 Å². The van der Waals surface area contributed by atoms with E-state index in [0.717, 1.165) is 11.3 Å². The summed E-state index contributed by atoms with van der Waals surface area (Å²) >= 11 is 6.10. The van der Waals surface area contributed by atoms with E-state index in [1.807, 2.05) is 43.1 Å². The SMILES string of the molecule is CCN(c1ccccc1F)c1cc(Cl)ccc1CNC. The summed E-state index contributed by atoms with van der Waals surface area (Å²) < 4.78 is 14.0. The van der Waals surface area contributed by atoms with E-state index in [9.17, 15) is 4.39 Å². The number of rotatable bonds is 5. The highest BCUT2D eigenvalue weighted by molar-refractivity contribution is 6.30. The van der Waals surface area contributed by atoms with Crippen molar-refractivity contribution in [3.05, 3.63) is 58.9 Å². The van der Waals surface area contributed by atoms with Crippen LogP contribution in [0.25, 0.3) is 0 Å². The standard InChI is InChI=1S/C16H18ClFN2/c1-3-20(15-7-5-4-6-14(15)18)16-10-13(17)9-8-12(16)11-19-2/h4-10,19H,3,11H2,1-2H3. The molecular weight excluding hydrogens is 275 g/mol. The van der Waals surface area contributed by atoms with Crippen molar-refractivity contribution in [3.8, 4) is 0 Å². The highest BCUT2D eigenvalue weighted by Crippen LogP contribution is 2.32. The van der Waals surface area contributed by atoms with Gasteiger partial charge in [0.2, 0.25) is 0 Å². The van der Waals surface area contributed by atoms with E-state index in [1.165, 1.54) is 6.07 Å². The highest BCUT2D eigenvalue weighted by Gasteiger charge is 2.15. The molecule has 0 aromatic heterocycles. The second-order valence-electron chi connectivity index (χ2n) is 4.50. The van der Waals surface area contributed by atoms with Gasteiger partial charge >= 0.3 is 0 Å². The van der Waals surface area contributed by atoms with E-state index in [-0.39, 0.29) is 5.82 Å². The molecule has 4 heteroatoms. The molecule has 1 N–H and O–H groups in total. The van der Waals surface area contributed by atoms with Crippen molar-refractivity contribution in [1.29, 1.82) is 0 Å². The van der Waals surface area contributed by atoms with Crippen molar-refractivity contribution in [2.75, 3.05) is 18.5 Å². The summed E-state index contributed by atoms with van der Waals surface area (Å²) in [6.45, 7) is 3.37. The molecule has 0 fully saturated rings. The quantitative estimate of drug-likeness (QED) is 0.881. The van der Waals surface area contributed by atoms with Gasteiger partial charge in [0.1, 0.15) is 5.82 Å². The first-order valence-corrected chi connectivity index (χ1v) is 7.00. The molecule has 0 aliphatic carbocycles. The molecule has 2 rings (SSSR count). The predicted molar refractivity (Wildman–Crippen MR) is 83.3 cm³/mol. The summed E-state index contributed by atoms with van der Waals surface area (Å²) in [5, 5.41) is 3.77. The fourth-order valence-electron chi connectivity index (χ4n) is 2.27. The molecule has 0 amide bonds. The van der Waals surface area contributed by atoms with Crippen molar-refractivity contribution in [1.82, 2.24) is 5.32 Å². The first-order chi connectivity index (χ1) is 9.67. The van der Waals surface area contributed by atoms with Crippen LogP contribution in [0.1, 0.15) is 12.5 Å². The molecule has 0 saturated heterocycles. The van der Waals surface area contributed by atoms with Gasteiger partial charge in [0.25, 0.3) is 0 Å². The summed E-state index contributed by atoms with van der Waals surface area (Å²) in [7, 11) is 1.89. The Morgan fingerprint density at radius 3 is 2.55 bits per heavy atom. The summed E-state index contributed by atoms with van der Waals surface area (Å²) in [6, 6.07) is 12.5. The molecule has 0 bridgehead atoms. The van der Waals surface area contributed by atoms with Gasteiger partial charge < -0.3 is 10.2 Å². The lowest BCUT2D eigenvalue weighted by molar-refractivity contribution is 0.625. The molecule has 0 saturated carbocycles. The minimum Gasteiger partial charge on any atom is -0.339 e. The van der Waals surface area contributed by atoms with Gasteiger partial charge in [0.05, 0.1) is 5.69 Å². The fourth-order valence-corrected chi connectivity index (χ4v) is 2.44. The minimum absolute atomic E-state index is 0.232. The van der Waals surface area contributed by atoms with Crippen molar-refractivity contribution < 1.29 is 4.39 Å². The Kier molecular flexibility index (Phi) is 4.99. The number of anilines is 2. The molecular formula is C16H18ClFN2. The van der Waals surface area contributed by atoms with E-state index < -0.39 is 0 Å². The molecule has 0 heterocycles. The second kappa shape index (κ2) is 6.73. The fraction of sp³-hybridized carbons (Fsp3) is 0.250. The Bertz CT molecular complexity index is 586. The van der Waals surface area contributed by atoms with Crippen molar-refractivity contribution >= 4 is 23.0 Å². The van der Waals surface area contributed by atoms with Crippen LogP contribution in [0.5, 0.6) is 0 Å². The number of hydrogen-bond acceptors (Lipinski definition) is 2. The smallest absolute Gasteiger partial charge is 0.146 e. The molecule has 2 aromatic carbocycles. The number of halogens is 2. The van der Waals surface area contributed by atoms with E-state index in [1.54, 1.807) is 12.1 Å². The Morgan fingerprint density at radius 2 is 1.90 bits per heavy atom. The number of nitrogens with one attached hydrogen (secondary N) is 1. The molecule has 106 valence electrons. The molecule has 0 aliphatic rings. The number of para-hydroxylation sites is 1. The molecule has 0 aliphatic heterocycles. The summed E-state index contributed by atoms with van der Waals surface area (Å²) in [6.07, 6.45) is 0. The maximum Gasteiger partial charge on any atom is 0.146 e. The average Bonchev–Trinajstić information content (AvgIpc) is 2.44. The lowest BCUT2D eigenvalue weighted by Gasteiger charge is -2.26. The maximum absolute atomic E-state index is 14.0. The molecule has 0 atom stereocenters. The van der Waals surface area contributed by atoms with E-state index >= 15 is 0 Å². The van der Waals surface area contributed by atoms with Crippen molar-refractivity contribution in [2.24, 2.45) is 0 Å². The van der Waals surface area contributed by atoms with Crippen LogP contribution in [0.15, 0.2) is 42.5 Å². The third kappa shape index (κ3) is 3.11. The van der Waals surface area contributed by atoms with Gasteiger partial charge in [0.15, 0.2) is 0 Å². The van der Waals surface area contributed by atoms with E-state index in [4.69, 9.17) is 11.6 Å². The van der Waals surface area contributed by atoms with Crippen LogP contribution in [0.2, 0.25) is 5.02 Å². The van der Waals surface area contributed by atoms with Crippen LogP contribution >= 0.6 is 11.6 Å². The Hall–Kier alpha value is -1.58. The summed E-state index contributed by atoms with van der Waals surface area (Å²) in [5.74, 6) is -0.232. The van der Waals surface area contributed by atoms with Gasteiger partial charge in [0, 0.05) is 23.8 Å². The van der Waals surface area contributed by atoms with Crippen molar-refractivity contribution in [2.45, 2.75) is 13.5 Å². The lowest BCUT2D eigenvalue weighted by Crippen LogP contribution is -2.20. The normalized spacial score (nSPS) is 10.6. The van der Waals surface area contributed by atoms with Gasteiger partial charge in [-0.05, 0) is 43.8 Å². The van der Waals surface area contributed by atoms with Crippen LogP contribution in [0.4, 0.5) is 15.8 Å². The third-order valence-corrected chi connectivity index (χ3v) is 3.40. The van der Waals surface area contributed by atoms with Crippen LogP contribution < -0.4 is 10.2 Å². The number of benzene rings is 2. The Labute approximate surface area is 124 Å². The zero-order valence-electron chi connectivity index (χ0n) is 11.7. The summed E-state index contributed by atoms with van der Waals surface area (Å²) in [5.41, 5.74) is 2.58. The van der Waals surface area contributed by atoms with Crippen LogP contribution in [0.3, 0.4) is 0 Å². The number of hydrogen-bond donors (Lipinski definition) is 1. The molecule has 0 unspecified atom stereocenters. The van der Waals surface area contributed by atoms with Crippen LogP contribution in [0, 0.1) is 5.82 Å². The number of nitrogens with zero attached hydrogens (tertiary/aromatic N) is 1. The largest absolute Gasteiger partial charge is 0.339 e. The van der Waals surface area contributed by atoms with Gasteiger partial charge in [-0.15, -0.1) is 0 Å². The summed E-state index contributed by atoms with van der Waals surface area (Å²) in [4.78, 5) is 1.94. The first kappa shape index (κ1) is 14.8. The van der Waals surface area contributed by atoms with E-state index in [0.29, 0.717) is 23.8 Å². The zero-order chi connectivity index (χ0) is 14.5. The molecule has 2 nitrogen and oxygen atoms in total. The second-order valence-corrected chi connectivity index (χ2v) is 4.94. The van der Waals surface area contributed by atoms with Gasteiger partial charge in [-0.3, -0.25) is 0 Å².